The summed E-state index contributed by atoms with van der Waals surface area (Å²) in [7, 11) is 0. The van der Waals surface area contributed by atoms with E-state index < -0.39 is 23.0 Å². The Morgan fingerprint density at radius 2 is 1.52 bits per heavy atom. The molecule has 0 heterocycles. The normalized spacial score (nSPS) is 11.7. The van der Waals surface area contributed by atoms with Crippen LogP contribution in [0.25, 0.3) is 0 Å². The standard InChI is InChI=1S/C14H11NO5S/c16-13(11-3-1-2-4-12(11)14(17)18)15-9-5-7-10(8-6-9)21(19)20/h1-8H,(H,15,16)(H,17,18)(H,19,20). The van der Waals surface area contributed by atoms with Crippen molar-refractivity contribution in [1.82, 2.24) is 0 Å². The van der Waals surface area contributed by atoms with E-state index in [1.54, 1.807) is 6.07 Å². The molecule has 0 saturated heterocycles. The largest absolute Gasteiger partial charge is 0.478 e. The third-order valence-electron chi connectivity index (χ3n) is 2.72. The topological polar surface area (TPSA) is 104 Å². The van der Waals surface area contributed by atoms with Gasteiger partial charge in [0.1, 0.15) is 0 Å². The number of anilines is 1. The van der Waals surface area contributed by atoms with Crippen LogP contribution >= 0.6 is 0 Å². The maximum Gasteiger partial charge on any atom is 0.336 e. The van der Waals surface area contributed by atoms with E-state index in [9.17, 15) is 13.8 Å². The Labute approximate surface area is 122 Å². The summed E-state index contributed by atoms with van der Waals surface area (Å²) in [4.78, 5) is 23.3. The number of carbonyl (C=O) groups is 2. The molecular weight excluding hydrogens is 294 g/mol. The van der Waals surface area contributed by atoms with Crippen LogP contribution in [0.5, 0.6) is 0 Å². The summed E-state index contributed by atoms with van der Waals surface area (Å²) in [5.74, 6) is -1.75. The van der Waals surface area contributed by atoms with Gasteiger partial charge in [0.15, 0.2) is 11.1 Å². The Morgan fingerprint density at radius 3 is 2.05 bits per heavy atom. The number of amides is 1. The third-order valence-corrected chi connectivity index (χ3v) is 3.39. The van der Waals surface area contributed by atoms with E-state index in [2.05, 4.69) is 5.32 Å². The van der Waals surface area contributed by atoms with Gasteiger partial charge in [-0.15, -0.1) is 0 Å². The van der Waals surface area contributed by atoms with E-state index in [4.69, 9.17) is 9.66 Å². The zero-order valence-electron chi connectivity index (χ0n) is 10.6. The van der Waals surface area contributed by atoms with Crippen LogP contribution in [-0.4, -0.2) is 25.7 Å². The molecule has 0 saturated carbocycles. The Balaban J connectivity index is 2.22. The Hall–Kier alpha value is -2.51. The summed E-state index contributed by atoms with van der Waals surface area (Å²) >= 11 is -2.09. The molecule has 0 radical (unpaired) electrons. The van der Waals surface area contributed by atoms with E-state index in [-0.39, 0.29) is 16.0 Å². The molecule has 0 aliphatic carbocycles. The van der Waals surface area contributed by atoms with Gasteiger partial charge >= 0.3 is 5.97 Å². The van der Waals surface area contributed by atoms with E-state index in [0.717, 1.165) is 0 Å². The molecule has 3 N–H and O–H groups in total. The summed E-state index contributed by atoms with van der Waals surface area (Å²) < 4.78 is 19.7. The van der Waals surface area contributed by atoms with Crippen molar-refractivity contribution in [3.05, 3.63) is 59.7 Å². The molecule has 1 atom stereocenters. The lowest BCUT2D eigenvalue weighted by Crippen LogP contribution is -2.16. The second-order valence-corrected chi connectivity index (χ2v) is 5.05. The van der Waals surface area contributed by atoms with Gasteiger partial charge in [0.2, 0.25) is 0 Å². The Bertz CT molecular complexity index is 712. The minimum atomic E-state index is -2.09. The van der Waals surface area contributed by atoms with Crippen LogP contribution < -0.4 is 5.32 Å². The van der Waals surface area contributed by atoms with Gasteiger partial charge in [0.25, 0.3) is 5.91 Å². The molecule has 0 aromatic heterocycles. The molecule has 0 bridgehead atoms. The molecule has 7 heteroatoms. The maximum absolute atomic E-state index is 12.1. The fourth-order valence-corrected chi connectivity index (χ4v) is 2.09. The number of carbonyl (C=O) groups excluding carboxylic acids is 1. The number of hydrogen-bond donors (Lipinski definition) is 3. The van der Waals surface area contributed by atoms with Crippen molar-refractivity contribution in [2.24, 2.45) is 0 Å². The first-order valence-corrected chi connectivity index (χ1v) is 6.94. The highest BCUT2D eigenvalue weighted by Crippen LogP contribution is 2.15. The van der Waals surface area contributed by atoms with Crippen LogP contribution in [0.2, 0.25) is 0 Å². The molecule has 0 spiro atoms. The maximum atomic E-state index is 12.1. The third kappa shape index (κ3) is 3.53. The van der Waals surface area contributed by atoms with Gasteiger partial charge in [0, 0.05) is 5.69 Å². The number of carboxylic acid groups (broad SMARTS) is 1. The van der Waals surface area contributed by atoms with Gasteiger partial charge in [-0.1, -0.05) is 12.1 Å². The lowest BCUT2D eigenvalue weighted by Gasteiger charge is -2.08. The van der Waals surface area contributed by atoms with Crippen LogP contribution in [0.4, 0.5) is 5.69 Å². The predicted molar refractivity (Wildman–Crippen MR) is 76.8 cm³/mol. The van der Waals surface area contributed by atoms with Crippen molar-refractivity contribution in [2.45, 2.75) is 4.90 Å². The van der Waals surface area contributed by atoms with Crippen LogP contribution in [-0.2, 0) is 11.1 Å². The number of benzene rings is 2. The highest BCUT2D eigenvalue weighted by atomic mass is 32.2. The molecular formula is C14H11NO5S. The minimum Gasteiger partial charge on any atom is -0.478 e. The molecule has 0 aliphatic rings. The van der Waals surface area contributed by atoms with Gasteiger partial charge in [-0.3, -0.25) is 4.79 Å². The summed E-state index contributed by atoms with van der Waals surface area (Å²) in [5.41, 5.74) is 0.345. The molecule has 21 heavy (non-hydrogen) atoms. The number of nitrogens with one attached hydrogen (secondary N) is 1. The molecule has 0 fully saturated rings. The molecule has 2 aromatic rings. The quantitative estimate of drug-likeness (QED) is 0.751. The lowest BCUT2D eigenvalue weighted by molar-refractivity contribution is 0.0692. The number of aromatic carboxylic acids is 1. The molecule has 6 nitrogen and oxygen atoms in total. The van der Waals surface area contributed by atoms with Gasteiger partial charge in [-0.2, -0.15) is 0 Å². The number of hydrogen-bond acceptors (Lipinski definition) is 3. The van der Waals surface area contributed by atoms with Crippen molar-refractivity contribution in [3.8, 4) is 0 Å². The molecule has 108 valence electrons. The van der Waals surface area contributed by atoms with Gasteiger partial charge in [-0.05, 0) is 36.4 Å². The highest BCUT2D eigenvalue weighted by molar-refractivity contribution is 7.79. The van der Waals surface area contributed by atoms with Gasteiger partial charge in [0.05, 0.1) is 16.0 Å². The first-order chi connectivity index (χ1) is 9.99. The summed E-state index contributed by atoms with van der Waals surface area (Å²) in [5, 5.41) is 11.6. The van der Waals surface area contributed by atoms with Gasteiger partial charge in [-0.25, -0.2) is 9.00 Å². The molecule has 2 aromatic carbocycles. The molecule has 0 aliphatic heterocycles. The highest BCUT2D eigenvalue weighted by Gasteiger charge is 2.15. The molecule has 1 amide bonds. The van der Waals surface area contributed by atoms with Crippen LogP contribution in [0.15, 0.2) is 53.4 Å². The monoisotopic (exact) mass is 305 g/mol. The smallest absolute Gasteiger partial charge is 0.336 e. The fraction of sp³-hybridized carbons (Fsp3) is 0. The average Bonchev–Trinajstić information content (AvgIpc) is 2.47. The lowest BCUT2D eigenvalue weighted by atomic mass is 10.1. The second kappa shape index (κ2) is 6.29. The summed E-state index contributed by atoms with van der Waals surface area (Å²) in [6.45, 7) is 0. The summed E-state index contributed by atoms with van der Waals surface area (Å²) in [6, 6.07) is 11.6. The zero-order valence-corrected chi connectivity index (χ0v) is 11.5. The van der Waals surface area contributed by atoms with Crippen LogP contribution in [0.1, 0.15) is 20.7 Å². The second-order valence-electron chi connectivity index (χ2n) is 4.08. The average molecular weight is 305 g/mol. The van der Waals surface area contributed by atoms with Crippen LogP contribution in [0, 0.1) is 0 Å². The van der Waals surface area contributed by atoms with Crippen molar-refractivity contribution in [3.63, 3.8) is 0 Å². The first-order valence-electron chi connectivity index (χ1n) is 5.83. The van der Waals surface area contributed by atoms with Crippen LogP contribution in [0.3, 0.4) is 0 Å². The molecule has 2 rings (SSSR count). The minimum absolute atomic E-state index is 0.0415. The molecule has 1 unspecified atom stereocenters. The Kier molecular flexibility index (Phi) is 4.46. The van der Waals surface area contributed by atoms with E-state index in [0.29, 0.717) is 5.69 Å². The van der Waals surface area contributed by atoms with Crippen molar-refractivity contribution >= 4 is 28.6 Å². The summed E-state index contributed by atoms with van der Waals surface area (Å²) in [6.07, 6.45) is 0. The van der Waals surface area contributed by atoms with E-state index >= 15 is 0 Å². The van der Waals surface area contributed by atoms with Crippen molar-refractivity contribution in [1.29, 1.82) is 0 Å². The first kappa shape index (κ1) is 14.9. The van der Waals surface area contributed by atoms with Crippen molar-refractivity contribution < 1.29 is 23.5 Å². The Morgan fingerprint density at radius 1 is 0.952 bits per heavy atom. The SMILES string of the molecule is O=C(O)c1ccccc1C(=O)Nc1ccc(S(=O)O)cc1. The fourth-order valence-electron chi connectivity index (χ4n) is 1.72. The predicted octanol–water partition coefficient (Wildman–Crippen LogP) is 2.22. The number of carboxylic acids is 1. The van der Waals surface area contributed by atoms with E-state index in [1.807, 2.05) is 0 Å². The van der Waals surface area contributed by atoms with Gasteiger partial charge < -0.3 is 15.0 Å². The number of rotatable bonds is 4. The van der Waals surface area contributed by atoms with E-state index in [1.165, 1.54) is 42.5 Å². The van der Waals surface area contributed by atoms with Crippen molar-refractivity contribution in [2.75, 3.05) is 5.32 Å². The zero-order chi connectivity index (χ0) is 15.4.